The Morgan fingerprint density at radius 3 is 2.76 bits per heavy atom. The van der Waals surface area contributed by atoms with E-state index in [1.165, 1.54) is 11.3 Å². The van der Waals surface area contributed by atoms with E-state index in [1.54, 1.807) is 11.3 Å². The second-order valence-corrected chi connectivity index (χ2v) is 7.35. The molecule has 0 amide bonds. The van der Waals surface area contributed by atoms with Crippen LogP contribution in [0.2, 0.25) is 4.34 Å². The van der Waals surface area contributed by atoms with Gasteiger partial charge >= 0.3 is 0 Å². The summed E-state index contributed by atoms with van der Waals surface area (Å²) in [5.74, 6) is 1.93. The molecule has 1 aromatic heterocycles. The van der Waals surface area contributed by atoms with Gasteiger partial charge in [0.2, 0.25) is 0 Å². The number of aliphatic hydroxyl groups excluding tert-OH is 1. The monoisotopic (exact) mass is 272 g/mol. The molecule has 1 fully saturated rings. The first-order valence-corrected chi connectivity index (χ1v) is 7.68. The molecule has 1 N–H and O–H groups in total. The molecule has 1 nitrogen and oxygen atoms in total. The summed E-state index contributed by atoms with van der Waals surface area (Å²) in [5.41, 5.74) is 0. The molecule has 3 unspecified atom stereocenters. The minimum absolute atomic E-state index is 0.120. The summed E-state index contributed by atoms with van der Waals surface area (Å²) < 4.78 is 0.853. The summed E-state index contributed by atoms with van der Waals surface area (Å²) >= 11 is 7.60. The van der Waals surface area contributed by atoms with E-state index < -0.39 is 0 Å². The minimum Gasteiger partial charge on any atom is -0.393 e. The molecule has 0 aromatic carbocycles. The van der Waals surface area contributed by atoms with Gasteiger partial charge in [-0.15, -0.1) is 11.3 Å². The average molecular weight is 273 g/mol. The van der Waals surface area contributed by atoms with Crippen molar-refractivity contribution < 1.29 is 5.11 Å². The van der Waals surface area contributed by atoms with Gasteiger partial charge in [0.05, 0.1) is 10.4 Å². The molecule has 1 aliphatic rings. The van der Waals surface area contributed by atoms with Gasteiger partial charge in [-0.05, 0) is 55.6 Å². The van der Waals surface area contributed by atoms with Crippen LogP contribution in [0.5, 0.6) is 0 Å². The fourth-order valence-corrected chi connectivity index (χ4v) is 4.01. The van der Waals surface area contributed by atoms with E-state index >= 15 is 0 Å². The highest BCUT2D eigenvalue weighted by atomic mass is 35.5. The van der Waals surface area contributed by atoms with Gasteiger partial charge < -0.3 is 5.11 Å². The van der Waals surface area contributed by atoms with E-state index in [0.29, 0.717) is 5.92 Å². The van der Waals surface area contributed by atoms with Crippen molar-refractivity contribution in [2.24, 2.45) is 17.8 Å². The highest BCUT2D eigenvalue weighted by molar-refractivity contribution is 7.16. The van der Waals surface area contributed by atoms with Gasteiger partial charge in [0.25, 0.3) is 0 Å². The lowest BCUT2D eigenvalue weighted by molar-refractivity contribution is 0.0382. The van der Waals surface area contributed by atoms with Gasteiger partial charge in [0, 0.05) is 4.88 Å². The SMILES string of the molecule is CC(C)C1CCC(O)C(Cc2ccc(Cl)s2)C1. The molecule has 0 bridgehead atoms. The minimum atomic E-state index is -0.120. The van der Waals surface area contributed by atoms with Crippen molar-refractivity contribution in [2.45, 2.75) is 45.6 Å². The van der Waals surface area contributed by atoms with Crippen molar-refractivity contribution in [3.63, 3.8) is 0 Å². The van der Waals surface area contributed by atoms with Crippen LogP contribution in [0.4, 0.5) is 0 Å². The lowest BCUT2D eigenvalue weighted by Gasteiger charge is -2.35. The Hall–Kier alpha value is -0.0500. The third kappa shape index (κ3) is 3.46. The lowest BCUT2D eigenvalue weighted by atomic mass is 9.73. The Kier molecular flexibility index (Phi) is 4.51. The molecule has 17 heavy (non-hydrogen) atoms. The molecule has 3 atom stereocenters. The van der Waals surface area contributed by atoms with E-state index in [4.69, 9.17) is 11.6 Å². The van der Waals surface area contributed by atoms with E-state index in [1.807, 2.05) is 6.07 Å². The molecule has 1 heterocycles. The first-order chi connectivity index (χ1) is 8.06. The van der Waals surface area contributed by atoms with Crippen LogP contribution >= 0.6 is 22.9 Å². The highest BCUT2D eigenvalue weighted by Gasteiger charge is 2.30. The van der Waals surface area contributed by atoms with Crippen LogP contribution in [-0.4, -0.2) is 11.2 Å². The number of hydrogen-bond donors (Lipinski definition) is 1. The molecule has 1 aliphatic carbocycles. The molecule has 0 spiro atoms. The summed E-state index contributed by atoms with van der Waals surface area (Å²) in [5, 5.41) is 10.1. The summed E-state index contributed by atoms with van der Waals surface area (Å²) in [6.45, 7) is 4.59. The molecule has 3 heteroatoms. The summed E-state index contributed by atoms with van der Waals surface area (Å²) in [6, 6.07) is 4.05. The number of aliphatic hydroxyl groups is 1. The summed E-state index contributed by atoms with van der Waals surface area (Å²) in [7, 11) is 0. The van der Waals surface area contributed by atoms with E-state index in [2.05, 4.69) is 19.9 Å². The van der Waals surface area contributed by atoms with Crippen LogP contribution in [0, 0.1) is 17.8 Å². The van der Waals surface area contributed by atoms with Crippen molar-refractivity contribution in [3.8, 4) is 0 Å². The second-order valence-electron chi connectivity index (χ2n) is 5.55. The van der Waals surface area contributed by atoms with Crippen LogP contribution in [0.25, 0.3) is 0 Å². The quantitative estimate of drug-likeness (QED) is 0.866. The van der Waals surface area contributed by atoms with Crippen LogP contribution in [0.15, 0.2) is 12.1 Å². The normalized spacial score (nSPS) is 29.8. The van der Waals surface area contributed by atoms with E-state index in [-0.39, 0.29) is 6.10 Å². The lowest BCUT2D eigenvalue weighted by Crippen LogP contribution is -2.32. The second kappa shape index (κ2) is 5.73. The first-order valence-electron chi connectivity index (χ1n) is 6.48. The zero-order valence-corrected chi connectivity index (χ0v) is 12.1. The number of thiophene rings is 1. The molecule has 1 saturated carbocycles. The van der Waals surface area contributed by atoms with Gasteiger partial charge in [-0.2, -0.15) is 0 Å². The van der Waals surface area contributed by atoms with Crippen LogP contribution in [-0.2, 0) is 6.42 Å². The molecular formula is C14H21ClOS. The van der Waals surface area contributed by atoms with Crippen molar-refractivity contribution in [3.05, 3.63) is 21.3 Å². The maximum Gasteiger partial charge on any atom is 0.0931 e. The molecular weight excluding hydrogens is 252 g/mol. The molecule has 0 aliphatic heterocycles. The molecule has 0 saturated heterocycles. The predicted molar refractivity (Wildman–Crippen MR) is 74.7 cm³/mol. The van der Waals surface area contributed by atoms with E-state index in [9.17, 15) is 5.11 Å². The van der Waals surface area contributed by atoms with Gasteiger partial charge in [-0.3, -0.25) is 0 Å². The summed E-state index contributed by atoms with van der Waals surface area (Å²) in [4.78, 5) is 1.31. The Balaban J connectivity index is 1.98. The van der Waals surface area contributed by atoms with Crippen LogP contribution in [0.1, 0.15) is 38.0 Å². The van der Waals surface area contributed by atoms with Crippen molar-refractivity contribution in [1.29, 1.82) is 0 Å². The first kappa shape index (κ1) is 13.4. The maximum absolute atomic E-state index is 10.1. The van der Waals surface area contributed by atoms with Gasteiger partial charge in [0.15, 0.2) is 0 Å². The zero-order valence-electron chi connectivity index (χ0n) is 10.5. The van der Waals surface area contributed by atoms with Crippen molar-refractivity contribution in [1.82, 2.24) is 0 Å². The van der Waals surface area contributed by atoms with Gasteiger partial charge in [-0.25, -0.2) is 0 Å². The van der Waals surface area contributed by atoms with Crippen LogP contribution < -0.4 is 0 Å². The van der Waals surface area contributed by atoms with Gasteiger partial charge in [-0.1, -0.05) is 25.4 Å². The largest absolute Gasteiger partial charge is 0.393 e. The number of halogens is 1. The number of rotatable bonds is 3. The maximum atomic E-state index is 10.1. The van der Waals surface area contributed by atoms with Crippen molar-refractivity contribution in [2.75, 3.05) is 0 Å². The fraction of sp³-hybridized carbons (Fsp3) is 0.714. The summed E-state index contributed by atoms with van der Waals surface area (Å²) in [6.07, 6.45) is 4.18. The topological polar surface area (TPSA) is 20.2 Å². The van der Waals surface area contributed by atoms with Crippen LogP contribution in [0.3, 0.4) is 0 Å². The predicted octanol–water partition coefficient (Wildman–Crippen LogP) is 4.38. The third-order valence-electron chi connectivity index (χ3n) is 4.02. The number of hydrogen-bond acceptors (Lipinski definition) is 2. The Labute approximate surface area is 113 Å². The third-order valence-corrected chi connectivity index (χ3v) is 5.27. The molecule has 96 valence electrons. The van der Waals surface area contributed by atoms with E-state index in [0.717, 1.165) is 35.4 Å². The fourth-order valence-electron chi connectivity index (χ4n) is 2.83. The smallest absolute Gasteiger partial charge is 0.0931 e. The molecule has 0 radical (unpaired) electrons. The van der Waals surface area contributed by atoms with Gasteiger partial charge in [0.1, 0.15) is 0 Å². The highest BCUT2D eigenvalue weighted by Crippen LogP contribution is 2.36. The van der Waals surface area contributed by atoms with Crippen molar-refractivity contribution >= 4 is 22.9 Å². The Morgan fingerprint density at radius 2 is 2.18 bits per heavy atom. The Morgan fingerprint density at radius 1 is 1.41 bits per heavy atom. The average Bonchev–Trinajstić information content (AvgIpc) is 2.67. The molecule has 2 rings (SSSR count). The Bertz CT molecular complexity index is 361. The molecule has 1 aromatic rings. The standard InChI is InChI=1S/C14H21ClOS/c1-9(2)10-3-5-13(16)11(7-10)8-12-4-6-14(15)17-12/h4,6,9-11,13,16H,3,5,7-8H2,1-2H3. The zero-order chi connectivity index (χ0) is 12.4.